The first-order valence-electron chi connectivity index (χ1n) is 26.3. The standard InChI is InChI=1S/C56H84P2/c1-51(2,3)49-19-47(33-57(53-21-35-7-36(22-53)9-37(8-35)23-53)54-24-38-10-39(25-54)12-40(11-38)26-54)48(20-50(49)52(4,5)6)34-58(55-27-41-13-42(28-55)15-43(14-41)29-55)56-30-44-16-45(31-56)18-46(17-44)32-56/h19-20,35-46H,7-18,21-34H2,1-6H3. The van der Waals surface area contributed by atoms with Gasteiger partial charge in [-0.2, -0.15) is 0 Å². The van der Waals surface area contributed by atoms with Crippen LogP contribution < -0.4 is 0 Å². The van der Waals surface area contributed by atoms with Crippen molar-refractivity contribution in [3.63, 3.8) is 0 Å². The minimum Gasteiger partial charge on any atom is -0.0894 e. The Hall–Kier alpha value is 0.0800. The molecule has 0 aromatic heterocycles. The minimum absolute atomic E-state index is 0.0592. The Labute approximate surface area is 359 Å². The van der Waals surface area contributed by atoms with Gasteiger partial charge in [-0.1, -0.05) is 69.5 Å². The number of benzene rings is 1. The lowest BCUT2D eigenvalue weighted by Gasteiger charge is -2.68. The SMILES string of the molecule is CC(C)(C)c1cc(CP(C23CC4CC(CC(C4)C2)C3)C23CC4CC(CC(C4)C2)C3)c(CP(C23CC4CC(CC(C4)C2)C3)C23CC4CC(CC(C4)C2)C3)cc1C(C)(C)C. The molecule has 16 fully saturated rings. The largest absolute Gasteiger partial charge is 0.0894 e. The van der Waals surface area contributed by atoms with E-state index in [0.29, 0.717) is 20.6 Å². The molecule has 0 radical (unpaired) electrons. The molecule has 58 heavy (non-hydrogen) atoms. The van der Waals surface area contributed by atoms with Gasteiger partial charge in [0.1, 0.15) is 0 Å². The summed E-state index contributed by atoms with van der Waals surface area (Å²) in [5, 5.41) is 2.84. The molecule has 0 saturated heterocycles. The molecule has 2 heteroatoms. The lowest BCUT2D eigenvalue weighted by atomic mass is 9.55. The average Bonchev–Trinajstić information content (AvgIpc) is 3.09. The van der Waals surface area contributed by atoms with Crippen LogP contribution in [0.1, 0.15) is 218 Å². The number of hydrogen-bond donors (Lipinski definition) is 0. The predicted molar refractivity (Wildman–Crippen MR) is 249 cm³/mol. The van der Waals surface area contributed by atoms with E-state index in [0.717, 1.165) is 71.0 Å². The zero-order chi connectivity index (χ0) is 39.2. The van der Waals surface area contributed by atoms with Gasteiger partial charge in [-0.25, -0.2) is 0 Å². The van der Waals surface area contributed by atoms with E-state index in [1.807, 2.05) is 11.1 Å². The summed E-state index contributed by atoms with van der Waals surface area (Å²) in [4.78, 5) is 0. The summed E-state index contributed by atoms with van der Waals surface area (Å²) in [7, 11) is -0.118. The third kappa shape index (κ3) is 6.02. The van der Waals surface area contributed by atoms with Crippen LogP contribution in [0.4, 0.5) is 0 Å². The Bertz CT molecular complexity index is 1450. The van der Waals surface area contributed by atoms with Crippen LogP contribution in [-0.4, -0.2) is 20.6 Å². The monoisotopic (exact) mass is 819 g/mol. The minimum atomic E-state index is -0.0592. The molecule has 0 nitrogen and oxygen atoms in total. The third-order valence-electron chi connectivity index (χ3n) is 21.9. The lowest BCUT2D eigenvalue weighted by Crippen LogP contribution is -2.57. The van der Waals surface area contributed by atoms with Crippen molar-refractivity contribution in [2.24, 2.45) is 71.0 Å². The molecule has 0 unspecified atom stereocenters. The molecule has 16 saturated carbocycles. The van der Waals surface area contributed by atoms with Crippen molar-refractivity contribution in [3.05, 3.63) is 34.4 Å². The molecule has 16 aliphatic carbocycles. The summed E-state index contributed by atoms with van der Waals surface area (Å²) in [5.41, 5.74) is 7.78. The highest BCUT2D eigenvalue weighted by molar-refractivity contribution is 7.60. The van der Waals surface area contributed by atoms with E-state index in [-0.39, 0.29) is 26.7 Å². The topological polar surface area (TPSA) is 0 Å². The molecule has 0 aliphatic heterocycles. The van der Waals surface area contributed by atoms with E-state index in [1.54, 1.807) is 165 Å². The highest BCUT2D eigenvalue weighted by Gasteiger charge is 2.65. The predicted octanol–water partition coefficient (Wildman–Crippen LogP) is 16.1. The van der Waals surface area contributed by atoms with Gasteiger partial charge in [0.15, 0.2) is 0 Å². The second kappa shape index (κ2) is 12.9. The first-order valence-corrected chi connectivity index (χ1v) is 29.4. The fourth-order valence-electron chi connectivity index (χ4n) is 21.8. The van der Waals surface area contributed by atoms with Crippen molar-refractivity contribution in [1.29, 1.82) is 0 Å². The molecule has 0 heterocycles. The molecule has 16 bridgehead atoms. The Kier molecular flexibility index (Phi) is 8.55. The Morgan fingerprint density at radius 3 is 0.672 bits per heavy atom. The van der Waals surface area contributed by atoms with Gasteiger partial charge in [0.25, 0.3) is 0 Å². The van der Waals surface area contributed by atoms with E-state index in [1.165, 1.54) is 12.3 Å². The molecular formula is C56H84P2. The van der Waals surface area contributed by atoms with Crippen LogP contribution in [0.3, 0.4) is 0 Å². The van der Waals surface area contributed by atoms with Crippen LogP contribution in [0, 0.1) is 71.0 Å². The zero-order valence-corrected chi connectivity index (χ0v) is 40.2. The fourth-order valence-corrected chi connectivity index (χ4v) is 32.2. The highest BCUT2D eigenvalue weighted by atomic mass is 31.1. The molecular weight excluding hydrogens is 735 g/mol. The van der Waals surface area contributed by atoms with Gasteiger partial charge in [0.05, 0.1) is 0 Å². The van der Waals surface area contributed by atoms with Gasteiger partial charge < -0.3 is 0 Å². The van der Waals surface area contributed by atoms with Gasteiger partial charge in [0.2, 0.25) is 0 Å². The van der Waals surface area contributed by atoms with E-state index >= 15 is 0 Å². The van der Waals surface area contributed by atoms with Crippen LogP contribution in [0.5, 0.6) is 0 Å². The Morgan fingerprint density at radius 1 is 0.345 bits per heavy atom. The molecule has 0 amide bonds. The van der Waals surface area contributed by atoms with Gasteiger partial charge in [-0.15, -0.1) is 0 Å². The van der Waals surface area contributed by atoms with E-state index in [2.05, 4.69) is 53.7 Å². The summed E-state index contributed by atoms with van der Waals surface area (Å²) >= 11 is 0. The second-order valence-corrected chi connectivity index (χ2v) is 34.5. The van der Waals surface area contributed by atoms with Crippen LogP contribution in [-0.2, 0) is 23.2 Å². The zero-order valence-electron chi connectivity index (χ0n) is 38.4. The first kappa shape index (κ1) is 38.5. The van der Waals surface area contributed by atoms with E-state index in [9.17, 15) is 0 Å². The van der Waals surface area contributed by atoms with E-state index in [4.69, 9.17) is 0 Å². The van der Waals surface area contributed by atoms with Crippen LogP contribution in [0.25, 0.3) is 0 Å². The molecule has 17 rings (SSSR count). The number of hydrogen-bond acceptors (Lipinski definition) is 0. The van der Waals surface area contributed by atoms with Crippen molar-refractivity contribution < 1.29 is 0 Å². The summed E-state index contributed by atoms with van der Waals surface area (Å²) < 4.78 is 0. The van der Waals surface area contributed by atoms with Crippen LogP contribution >= 0.6 is 15.8 Å². The molecule has 1 aromatic carbocycles. The quantitative estimate of drug-likeness (QED) is 0.229. The molecule has 318 valence electrons. The van der Waals surface area contributed by atoms with Gasteiger partial charge in [-0.05, 0) is 291 Å². The molecule has 0 N–H and O–H groups in total. The highest BCUT2D eigenvalue weighted by Crippen LogP contribution is 2.82. The van der Waals surface area contributed by atoms with Crippen molar-refractivity contribution in [2.45, 2.75) is 239 Å². The smallest absolute Gasteiger partial charge is 0.00601 e. The summed E-state index contributed by atoms with van der Waals surface area (Å²) in [6, 6.07) is 6.05. The van der Waals surface area contributed by atoms with Crippen molar-refractivity contribution in [3.8, 4) is 0 Å². The number of rotatable bonds is 8. The van der Waals surface area contributed by atoms with Crippen LogP contribution in [0.2, 0.25) is 0 Å². The fraction of sp³-hybridized carbons (Fsp3) is 0.893. The summed E-state index contributed by atoms with van der Waals surface area (Å²) in [5.74, 6) is 13.0. The van der Waals surface area contributed by atoms with Crippen molar-refractivity contribution in [1.82, 2.24) is 0 Å². The first-order chi connectivity index (χ1) is 27.6. The van der Waals surface area contributed by atoms with E-state index < -0.39 is 0 Å². The lowest BCUT2D eigenvalue weighted by molar-refractivity contribution is 0.0180. The molecule has 16 aliphatic rings. The molecule has 0 atom stereocenters. The van der Waals surface area contributed by atoms with Crippen LogP contribution in [0.15, 0.2) is 12.1 Å². The van der Waals surface area contributed by atoms with Gasteiger partial charge in [0, 0.05) is 0 Å². The maximum Gasteiger partial charge on any atom is -0.00601 e. The maximum atomic E-state index is 3.03. The Balaban J connectivity index is 0.978. The summed E-state index contributed by atoms with van der Waals surface area (Å²) in [6.07, 6.45) is 42.3. The van der Waals surface area contributed by atoms with Crippen molar-refractivity contribution >= 4 is 15.8 Å². The molecule has 1 aromatic rings. The van der Waals surface area contributed by atoms with Gasteiger partial charge in [-0.3, -0.25) is 0 Å². The Morgan fingerprint density at radius 2 is 0.517 bits per heavy atom. The van der Waals surface area contributed by atoms with Crippen molar-refractivity contribution in [2.75, 3.05) is 0 Å². The molecule has 0 spiro atoms. The second-order valence-electron chi connectivity index (χ2n) is 28.4. The van der Waals surface area contributed by atoms with Gasteiger partial charge >= 0.3 is 0 Å². The average molecular weight is 819 g/mol. The maximum absolute atomic E-state index is 3.03. The third-order valence-corrected chi connectivity index (χ3v) is 30.0. The normalized spacial score (nSPS) is 51.3. The summed E-state index contributed by atoms with van der Waals surface area (Å²) in [6.45, 7) is 15.5.